The van der Waals surface area contributed by atoms with Crippen LogP contribution in [0.1, 0.15) is 27.0 Å². The van der Waals surface area contributed by atoms with Crippen LogP contribution in [-0.2, 0) is 0 Å². The number of nitrogens with zero attached hydrogens (tertiary/aromatic N) is 4. The average Bonchev–Trinajstić information content (AvgIpc) is 2.73. The highest BCUT2D eigenvalue weighted by atomic mass is 16.2. The van der Waals surface area contributed by atoms with Crippen LogP contribution in [0.3, 0.4) is 0 Å². The molecule has 0 aliphatic carbocycles. The van der Waals surface area contributed by atoms with E-state index in [2.05, 4.69) is 46.1 Å². The molecular formula is C24H26N4O. The van der Waals surface area contributed by atoms with E-state index in [4.69, 9.17) is 0 Å². The van der Waals surface area contributed by atoms with Gasteiger partial charge in [0.2, 0.25) is 0 Å². The van der Waals surface area contributed by atoms with Gasteiger partial charge in [0.05, 0.1) is 5.69 Å². The normalized spacial score (nSPS) is 14.2. The lowest BCUT2D eigenvalue weighted by Gasteiger charge is -2.35. The summed E-state index contributed by atoms with van der Waals surface area (Å²) in [6.07, 6.45) is 1.63. The Labute approximate surface area is 172 Å². The van der Waals surface area contributed by atoms with E-state index in [0.717, 1.165) is 46.9 Å². The summed E-state index contributed by atoms with van der Waals surface area (Å²) in [7, 11) is 0. The molecule has 148 valence electrons. The van der Waals surface area contributed by atoms with E-state index >= 15 is 0 Å². The molecule has 1 amide bonds. The molecule has 3 aromatic rings. The van der Waals surface area contributed by atoms with Crippen molar-refractivity contribution in [2.24, 2.45) is 0 Å². The lowest BCUT2D eigenvalue weighted by atomic mass is 10.1. The van der Waals surface area contributed by atoms with Crippen molar-refractivity contribution in [1.82, 2.24) is 14.9 Å². The van der Waals surface area contributed by atoms with Crippen molar-refractivity contribution in [1.29, 1.82) is 0 Å². The van der Waals surface area contributed by atoms with E-state index in [1.54, 1.807) is 6.33 Å². The predicted octanol–water partition coefficient (Wildman–Crippen LogP) is 4.03. The molecule has 5 heteroatoms. The van der Waals surface area contributed by atoms with E-state index in [-0.39, 0.29) is 5.91 Å². The Bertz CT molecular complexity index is 1020. The lowest BCUT2D eigenvalue weighted by molar-refractivity contribution is 0.0746. The van der Waals surface area contributed by atoms with Crippen LogP contribution in [0.15, 0.2) is 54.9 Å². The van der Waals surface area contributed by atoms with Crippen molar-refractivity contribution in [3.63, 3.8) is 0 Å². The third-order valence-corrected chi connectivity index (χ3v) is 5.33. The van der Waals surface area contributed by atoms with Gasteiger partial charge in [0.15, 0.2) is 0 Å². The Morgan fingerprint density at radius 1 is 0.828 bits per heavy atom. The SMILES string of the molecule is Cc1cc(C)cc(C(=O)N2CCN(c3cc(-c4cccc(C)c4)ncn3)CC2)c1. The number of anilines is 1. The molecule has 1 aliphatic rings. The zero-order valence-corrected chi connectivity index (χ0v) is 17.2. The Hall–Kier alpha value is -3.21. The molecule has 0 N–H and O–H groups in total. The third-order valence-electron chi connectivity index (χ3n) is 5.33. The molecule has 5 nitrogen and oxygen atoms in total. The maximum Gasteiger partial charge on any atom is 0.253 e. The molecule has 0 atom stereocenters. The number of carbonyl (C=O) groups excluding carboxylic acids is 1. The van der Waals surface area contributed by atoms with Gasteiger partial charge >= 0.3 is 0 Å². The first-order chi connectivity index (χ1) is 14.0. The van der Waals surface area contributed by atoms with Gasteiger partial charge in [0.1, 0.15) is 12.1 Å². The van der Waals surface area contributed by atoms with Crippen LogP contribution in [-0.4, -0.2) is 47.0 Å². The summed E-state index contributed by atoms with van der Waals surface area (Å²) in [5.74, 6) is 1.02. The first kappa shape index (κ1) is 19.1. The average molecular weight is 386 g/mol. The monoisotopic (exact) mass is 386 g/mol. The van der Waals surface area contributed by atoms with Crippen LogP contribution < -0.4 is 4.90 Å². The summed E-state index contributed by atoms with van der Waals surface area (Å²) in [4.78, 5) is 26.0. The van der Waals surface area contributed by atoms with Crippen LogP contribution in [0, 0.1) is 20.8 Å². The molecule has 2 heterocycles. The van der Waals surface area contributed by atoms with Gasteiger partial charge in [-0.1, -0.05) is 41.0 Å². The summed E-state index contributed by atoms with van der Waals surface area (Å²) in [6.45, 7) is 9.05. The van der Waals surface area contributed by atoms with Crippen LogP contribution in [0.5, 0.6) is 0 Å². The van der Waals surface area contributed by atoms with Gasteiger partial charge in [-0.2, -0.15) is 0 Å². The van der Waals surface area contributed by atoms with E-state index < -0.39 is 0 Å². The minimum atomic E-state index is 0.111. The number of aryl methyl sites for hydroxylation is 3. The molecule has 0 bridgehead atoms. The van der Waals surface area contributed by atoms with Gasteiger partial charge < -0.3 is 9.80 Å². The quantitative estimate of drug-likeness (QED) is 0.682. The van der Waals surface area contributed by atoms with Gasteiger partial charge in [0.25, 0.3) is 5.91 Å². The molecular weight excluding hydrogens is 360 g/mol. The standard InChI is InChI=1S/C24H26N4O/c1-17-5-4-6-20(12-17)22-15-23(26-16-25-22)27-7-9-28(10-8-27)24(29)21-13-18(2)11-19(3)14-21/h4-6,11-16H,7-10H2,1-3H3. The van der Waals surface area contributed by atoms with Crippen molar-refractivity contribution in [3.8, 4) is 11.3 Å². The first-order valence-corrected chi connectivity index (χ1v) is 10.0. The predicted molar refractivity (Wildman–Crippen MR) is 116 cm³/mol. The molecule has 1 aliphatic heterocycles. The highest BCUT2D eigenvalue weighted by Gasteiger charge is 2.23. The molecule has 1 saturated heterocycles. The highest BCUT2D eigenvalue weighted by Crippen LogP contribution is 2.23. The van der Waals surface area contributed by atoms with Crippen molar-refractivity contribution < 1.29 is 4.79 Å². The summed E-state index contributed by atoms with van der Waals surface area (Å²) >= 11 is 0. The van der Waals surface area contributed by atoms with Crippen molar-refractivity contribution in [2.45, 2.75) is 20.8 Å². The molecule has 4 rings (SSSR count). The summed E-state index contributed by atoms with van der Waals surface area (Å²) in [6, 6.07) is 16.4. The minimum absolute atomic E-state index is 0.111. The number of benzene rings is 2. The summed E-state index contributed by atoms with van der Waals surface area (Å²) in [5, 5.41) is 0. The molecule has 1 fully saturated rings. The maximum atomic E-state index is 12.9. The topological polar surface area (TPSA) is 49.3 Å². The molecule has 0 radical (unpaired) electrons. The van der Waals surface area contributed by atoms with Gasteiger partial charge in [-0.25, -0.2) is 9.97 Å². The van der Waals surface area contributed by atoms with Crippen LogP contribution in [0.4, 0.5) is 5.82 Å². The van der Waals surface area contributed by atoms with Crippen LogP contribution in [0.2, 0.25) is 0 Å². The Kier molecular flexibility index (Phi) is 5.30. The number of piperazine rings is 1. The van der Waals surface area contributed by atoms with Crippen LogP contribution >= 0.6 is 0 Å². The molecule has 2 aromatic carbocycles. The number of rotatable bonds is 3. The highest BCUT2D eigenvalue weighted by molar-refractivity contribution is 5.94. The van der Waals surface area contributed by atoms with E-state index in [1.165, 1.54) is 5.56 Å². The van der Waals surface area contributed by atoms with Gasteiger partial charge in [-0.15, -0.1) is 0 Å². The fourth-order valence-electron chi connectivity index (χ4n) is 3.90. The number of carbonyl (C=O) groups is 1. The maximum absolute atomic E-state index is 12.9. The van der Waals surface area contributed by atoms with E-state index in [1.807, 2.05) is 43.0 Å². The lowest BCUT2D eigenvalue weighted by Crippen LogP contribution is -2.49. The fraction of sp³-hybridized carbons (Fsp3) is 0.292. The van der Waals surface area contributed by atoms with Crippen LogP contribution in [0.25, 0.3) is 11.3 Å². The second kappa shape index (κ2) is 8.03. The molecule has 0 spiro atoms. The Balaban J connectivity index is 1.46. The minimum Gasteiger partial charge on any atom is -0.353 e. The number of hydrogen-bond acceptors (Lipinski definition) is 4. The second-order valence-electron chi connectivity index (χ2n) is 7.79. The van der Waals surface area contributed by atoms with E-state index in [0.29, 0.717) is 13.1 Å². The molecule has 29 heavy (non-hydrogen) atoms. The molecule has 1 aromatic heterocycles. The smallest absolute Gasteiger partial charge is 0.253 e. The third kappa shape index (κ3) is 4.29. The number of amides is 1. The van der Waals surface area contributed by atoms with Gasteiger partial charge in [-0.05, 0) is 39.0 Å². The number of hydrogen-bond donors (Lipinski definition) is 0. The Morgan fingerprint density at radius 3 is 2.24 bits per heavy atom. The summed E-state index contributed by atoms with van der Waals surface area (Å²) in [5.41, 5.74) is 6.25. The fourth-order valence-corrected chi connectivity index (χ4v) is 3.90. The zero-order chi connectivity index (χ0) is 20.4. The van der Waals surface area contributed by atoms with Gasteiger partial charge in [0, 0.05) is 43.4 Å². The zero-order valence-electron chi connectivity index (χ0n) is 17.2. The largest absolute Gasteiger partial charge is 0.353 e. The van der Waals surface area contributed by atoms with Gasteiger partial charge in [-0.3, -0.25) is 4.79 Å². The van der Waals surface area contributed by atoms with Crippen molar-refractivity contribution >= 4 is 11.7 Å². The summed E-state index contributed by atoms with van der Waals surface area (Å²) < 4.78 is 0. The van der Waals surface area contributed by atoms with Crippen molar-refractivity contribution in [3.05, 3.63) is 77.1 Å². The van der Waals surface area contributed by atoms with E-state index in [9.17, 15) is 4.79 Å². The number of aromatic nitrogens is 2. The second-order valence-corrected chi connectivity index (χ2v) is 7.79. The first-order valence-electron chi connectivity index (χ1n) is 10.0. The molecule has 0 unspecified atom stereocenters. The Morgan fingerprint density at radius 2 is 1.55 bits per heavy atom. The molecule has 0 saturated carbocycles. The van der Waals surface area contributed by atoms with Crippen molar-refractivity contribution in [2.75, 3.05) is 31.1 Å².